The highest BCUT2D eigenvalue weighted by Gasteiger charge is 2.30. The molecule has 2 N–H and O–H groups in total. The molecular weight excluding hydrogens is 242 g/mol. The second kappa shape index (κ2) is 3.71. The zero-order chi connectivity index (χ0) is 12.0. The summed E-state index contributed by atoms with van der Waals surface area (Å²) in [5.41, 5.74) is 7.81. The van der Waals surface area contributed by atoms with Gasteiger partial charge in [0, 0.05) is 5.56 Å². The molecule has 0 unspecified atom stereocenters. The van der Waals surface area contributed by atoms with Crippen molar-refractivity contribution in [2.24, 2.45) is 0 Å². The van der Waals surface area contributed by atoms with E-state index < -0.39 is 9.84 Å². The third kappa shape index (κ3) is 1.83. The summed E-state index contributed by atoms with van der Waals surface area (Å²) in [6.07, 6.45) is 1.24. The fourth-order valence-corrected chi connectivity index (χ4v) is 3.97. The second-order valence-corrected chi connectivity index (χ2v) is 6.93. The van der Waals surface area contributed by atoms with Gasteiger partial charge in [0.1, 0.15) is 9.84 Å². The summed E-state index contributed by atoms with van der Waals surface area (Å²) in [5.74, 6) is 1.01. The highest BCUT2D eigenvalue weighted by Crippen LogP contribution is 2.31. The zero-order valence-corrected chi connectivity index (χ0v) is 10.2. The van der Waals surface area contributed by atoms with E-state index in [4.69, 9.17) is 10.5 Å². The first-order valence-electron chi connectivity index (χ1n) is 5.71. The highest BCUT2D eigenvalue weighted by molar-refractivity contribution is 7.91. The molecule has 1 saturated heterocycles. The van der Waals surface area contributed by atoms with Gasteiger partial charge in [-0.1, -0.05) is 0 Å². The maximum atomic E-state index is 11.4. The first-order chi connectivity index (χ1) is 8.07. The molecule has 0 saturated carbocycles. The second-order valence-electron chi connectivity index (χ2n) is 4.63. The molecule has 2 aliphatic heterocycles. The van der Waals surface area contributed by atoms with Gasteiger partial charge in [0.25, 0.3) is 0 Å². The van der Waals surface area contributed by atoms with Gasteiger partial charge in [0.15, 0.2) is 5.82 Å². The molecule has 17 heavy (non-hydrogen) atoms. The summed E-state index contributed by atoms with van der Waals surface area (Å²) in [6, 6.07) is 0.145. The van der Waals surface area contributed by atoms with Crippen molar-refractivity contribution >= 4 is 15.7 Å². The molecule has 0 bridgehead atoms. The van der Waals surface area contributed by atoms with Crippen LogP contribution in [-0.2, 0) is 27.8 Å². The number of aromatic nitrogens is 2. The van der Waals surface area contributed by atoms with Crippen LogP contribution in [0.5, 0.6) is 0 Å². The number of nitrogens with zero attached hydrogens (tertiary/aromatic N) is 2. The van der Waals surface area contributed by atoms with Gasteiger partial charge in [0.2, 0.25) is 0 Å². The van der Waals surface area contributed by atoms with E-state index in [0.29, 0.717) is 31.9 Å². The molecule has 1 fully saturated rings. The fourth-order valence-electron chi connectivity index (χ4n) is 2.51. The molecule has 0 aromatic carbocycles. The smallest absolute Gasteiger partial charge is 0.151 e. The molecule has 94 valence electrons. The summed E-state index contributed by atoms with van der Waals surface area (Å²) >= 11 is 0. The Balaban J connectivity index is 1.89. The monoisotopic (exact) mass is 257 g/mol. The van der Waals surface area contributed by atoms with Gasteiger partial charge in [-0.15, -0.1) is 0 Å². The van der Waals surface area contributed by atoms with E-state index in [1.807, 2.05) is 4.68 Å². The van der Waals surface area contributed by atoms with Crippen LogP contribution >= 0.6 is 0 Å². The average Bonchev–Trinajstić information content (AvgIpc) is 2.83. The minimum absolute atomic E-state index is 0.145. The number of hydrogen-bond donors (Lipinski definition) is 1. The van der Waals surface area contributed by atoms with Crippen molar-refractivity contribution in [2.45, 2.75) is 32.1 Å². The van der Waals surface area contributed by atoms with Crippen LogP contribution in [0.25, 0.3) is 0 Å². The Morgan fingerprint density at radius 2 is 2.00 bits per heavy atom. The predicted octanol–water partition coefficient (Wildman–Crippen LogP) is 0.245. The Labute approximate surface area is 99.7 Å². The fraction of sp³-hybridized carbons (Fsp3) is 0.700. The summed E-state index contributed by atoms with van der Waals surface area (Å²) in [7, 11) is -2.83. The first-order valence-corrected chi connectivity index (χ1v) is 7.53. The standard InChI is InChI=1S/C10H15N3O3S/c11-10-8-5-16-6-9(8)13(12-10)7-1-3-17(14,15)4-2-7/h7H,1-6H2,(H2,11,12). The van der Waals surface area contributed by atoms with Crippen molar-refractivity contribution in [2.75, 3.05) is 17.2 Å². The molecular formula is C10H15N3O3S. The van der Waals surface area contributed by atoms with Gasteiger partial charge in [-0.3, -0.25) is 4.68 Å². The molecule has 0 radical (unpaired) electrons. The topological polar surface area (TPSA) is 87.2 Å². The zero-order valence-electron chi connectivity index (χ0n) is 9.42. The lowest BCUT2D eigenvalue weighted by Crippen LogP contribution is -2.27. The average molecular weight is 257 g/mol. The van der Waals surface area contributed by atoms with E-state index in [1.54, 1.807) is 0 Å². The molecule has 0 aliphatic carbocycles. The Kier molecular flexibility index (Phi) is 2.41. The van der Waals surface area contributed by atoms with E-state index in [9.17, 15) is 8.42 Å². The lowest BCUT2D eigenvalue weighted by molar-refractivity contribution is 0.128. The van der Waals surface area contributed by atoms with Crippen LogP contribution in [-0.4, -0.2) is 29.7 Å². The number of nitrogens with two attached hydrogens (primary N) is 1. The van der Waals surface area contributed by atoms with Gasteiger partial charge < -0.3 is 10.5 Å². The van der Waals surface area contributed by atoms with Crippen molar-refractivity contribution < 1.29 is 13.2 Å². The third-order valence-electron chi connectivity index (χ3n) is 3.50. The molecule has 7 heteroatoms. The minimum Gasteiger partial charge on any atom is -0.382 e. The van der Waals surface area contributed by atoms with E-state index in [1.165, 1.54) is 0 Å². The van der Waals surface area contributed by atoms with Crippen molar-refractivity contribution in [3.05, 3.63) is 11.3 Å². The summed E-state index contributed by atoms with van der Waals surface area (Å²) < 4.78 is 30.0. The molecule has 1 aromatic rings. The number of fused-ring (bicyclic) bond motifs is 1. The number of rotatable bonds is 1. The number of anilines is 1. The van der Waals surface area contributed by atoms with Crippen molar-refractivity contribution in [3.63, 3.8) is 0 Å². The number of ether oxygens (including phenoxy) is 1. The minimum atomic E-state index is -2.83. The molecule has 0 amide bonds. The van der Waals surface area contributed by atoms with Crippen LogP contribution < -0.4 is 5.73 Å². The van der Waals surface area contributed by atoms with Gasteiger partial charge >= 0.3 is 0 Å². The molecule has 6 nitrogen and oxygen atoms in total. The van der Waals surface area contributed by atoms with E-state index in [0.717, 1.165) is 11.3 Å². The predicted molar refractivity (Wildman–Crippen MR) is 62.1 cm³/mol. The van der Waals surface area contributed by atoms with Crippen molar-refractivity contribution in [1.82, 2.24) is 9.78 Å². The van der Waals surface area contributed by atoms with Crippen LogP contribution in [0.15, 0.2) is 0 Å². The Morgan fingerprint density at radius 3 is 2.71 bits per heavy atom. The van der Waals surface area contributed by atoms with E-state index in [-0.39, 0.29) is 17.5 Å². The SMILES string of the molecule is Nc1nn(C2CCS(=O)(=O)CC2)c2c1COC2. The van der Waals surface area contributed by atoms with Gasteiger partial charge in [-0.05, 0) is 12.8 Å². The quantitative estimate of drug-likeness (QED) is 0.779. The van der Waals surface area contributed by atoms with Gasteiger partial charge in [0.05, 0.1) is 36.5 Å². The van der Waals surface area contributed by atoms with E-state index >= 15 is 0 Å². The molecule has 2 aliphatic rings. The highest BCUT2D eigenvalue weighted by atomic mass is 32.2. The lowest BCUT2D eigenvalue weighted by atomic mass is 10.1. The molecule has 0 atom stereocenters. The Morgan fingerprint density at radius 1 is 1.29 bits per heavy atom. The number of sulfone groups is 1. The van der Waals surface area contributed by atoms with Crippen molar-refractivity contribution in [3.8, 4) is 0 Å². The molecule has 0 spiro atoms. The van der Waals surface area contributed by atoms with Crippen LogP contribution in [0, 0.1) is 0 Å². The van der Waals surface area contributed by atoms with Gasteiger partial charge in [-0.2, -0.15) is 5.10 Å². The largest absolute Gasteiger partial charge is 0.382 e. The Hall–Kier alpha value is -1.08. The van der Waals surface area contributed by atoms with Gasteiger partial charge in [-0.25, -0.2) is 8.42 Å². The summed E-state index contributed by atoms with van der Waals surface area (Å²) in [5, 5.41) is 4.32. The molecule has 1 aromatic heterocycles. The first kappa shape index (κ1) is 11.0. The molecule has 3 rings (SSSR count). The Bertz CT molecular complexity index is 535. The van der Waals surface area contributed by atoms with Crippen LogP contribution in [0.4, 0.5) is 5.82 Å². The van der Waals surface area contributed by atoms with Crippen LogP contribution in [0.2, 0.25) is 0 Å². The molecule has 3 heterocycles. The number of nitrogen functional groups attached to an aromatic ring is 1. The van der Waals surface area contributed by atoms with Crippen LogP contribution in [0.3, 0.4) is 0 Å². The lowest BCUT2D eigenvalue weighted by Gasteiger charge is -2.23. The normalized spacial score (nSPS) is 23.8. The van der Waals surface area contributed by atoms with Crippen molar-refractivity contribution in [1.29, 1.82) is 0 Å². The summed E-state index contributed by atoms with van der Waals surface area (Å²) in [4.78, 5) is 0. The number of hydrogen-bond acceptors (Lipinski definition) is 5. The third-order valence-corrected chi connectivity index (χ3v) is 5.22. The summed E-state index contributed by atoms with van der Waals surface area (Å²) in [6.45, 7) is 1.05. The van der Waals surface area contributed by atoms with E-state index in [2.05, 4.69) is 5.10 Å². The van der Waals surface area contributed by atoms with Crippen LogP contribution in [0.1, 0.15) is 30.1 Å². The maximum Gasteiger partial charge on any atom is 0.151 e. The maximum absolute atomic E-state index is 11.4.